The van der Waals surface area contributed by atoms with Gasteiger partial charge in [-0.1, -0.05) is 0 Å². The van der Waals surface area contributed by atoms with Crippen molar-refractivity contribution in [1.82, 2.24) is 0 Å². The molecule has 5 heteroatoms. The highest BCUT2D eigenvalue weighted by Gasteiger charge is 2.15. The molecule has 0 saturated carbocycles. The molecule has 1 unspecified atom stereocenters. The van der Waals surface area contributed by atoms with Gasteiger partial charge >= 0.3 is 5.97 Å². The highest BCUT2D eigenvalue weighted by molar-refractivity contribution is 5.88. The average Bonchev–Trinajstić information content (AvgIpc) is 2.09. The van der Waals surface area contributed by atoms with Gasteiger partial charge in [-0.25, -0.2) is 13.6 Å². The zero-order chi connectivity index (χ0) is 11.6. The smallest absolute Gasteiger partial charge is 0.338 e. The van der Waals surface area contributed by atoms with E-state index in [-0.39, 0.29) is 18.0 Å². The summed E-state index contributed by atoms with van der Waals surface area (Å²) in [6, 6.07) is 1.24. The molecule has 0 bridgehead atoms. The van der Waals surface area contributed by atoms with Crippen LogP contribution >= 0.6 is 0 Å². The first-order valence-electron chi connectivity index (χ1n) is 4.38. The van der Waals surface area contributed by atoms with Gasteiger partial charge in [-0.3, -0.25) is 0 Å². The van der Waals surface area contributed by atoms with Crippen LogP contribution in [0.4, 0.5) is 8.78 Å². The van der Waals surface area contributed by atoms with Crippen LogP contribution in [0.2, 0.25) is 0 Å². The van der Waals surface area contributed by atoms with Gasteiger partial charge in [-0.2, -0.15) is 0 Å². The van der Waals surface area contributed by atoms with Crippen molar-refractivity contribution >= 4 is 5.97 Å². The average molecular weight is 215 g/mol. The fourth-order valence-corrected chi connectivity index (χ4v) is 1.26. The zero-order valence-corrected chi connectivity index (χ0v) is 8.13. The van der Waals surface area contributed by atoms with E-state index in [2.05, 4.69) is 0 Å². The lowest BCUT2D eigenvalue weighted by molar-refractivity contribution is 0.0691. The Bertz CT molecular complexity index is 391. The number of rotatable bonds is 3. The Morgan fingerprint density at radius 2 is 2.07 bits per heavy atom. The minimum atomic E-state index is -1.49. The van der Waals surface area contributed by atoms with Crippen molar-refractivity contribution in [1.29, 1.82) is 0 Å². The van der Waals surface area contributed by atoms with Gasteiger partial charge in [0.25, 0.3) is 0 Å². The maximum absolute atomic E-state index is 13.3. The van der Waals surface area contributed by atoms with E-state index >= 15 is 0 Å². The summed E-state index contributed by atoms with van der Waals surface area (Å²) in [5.41, 5.74) is 4.86. The molecule has 1 rings (SSSR count). The fraction of sp³-hybridized carbons (Fsp3) is 0.300. The van der Waals surface area contributed by atoms with Crippen LogP contribution in [-0.2, 0) is 6.42 Å². The lowest BCUT2D eigenvalue weighted by Gasteiger charge is -2.07. The molecule has 3 N–H and O–H groups in total. The standard InChI is InChI=1S/C10H11F2NO2/c1-5(13)2-6-3-9(12)7(10(14)15)4-8(6)11/h3-5H,2,13H2,1H3,(H,14,15). The molecule has 0 aliphatic carbocycles. The predicted molar refractivity (Wildman–Crippen MR) is 50.7 cm³/mol. The predicted octanol–water partition coefficient (Wildman–Crippen LogP) is 1.55. The van der Waals surface area contributed by atoms with E-state index in [1.807, 2.05) is 0 Å². The highest BCUT2D eigenvalue weighted by atomic mass is 19.1. The summed E-state index contributed by atoms with van der Waals surface area (Å²) in [5.74, 6) is -3.18. The van der Waals surface area contributed by atoms with Crippen molar-refractivity contribution in [3.05, 3.63) is 34.9 Å². The molecule has 0 saturated heterocycles. The van der Waals surface area contributed by atoms with Gasteiger partial charge in [0.1, 0.15) is 11.6 Å². The minimum Gasteiger partial charge on any atom is -0.478 e. The van der Waals surface area contributed by atoms with Crippen molar-refractivity contribution in [2.45, 2.75) is 19.4 Å². The summed E-state index contributed by atoms with van der Waals surface area (Å²) >= 11 is 0. The number of benzene rings is 1. The molecule has 0 aliphatic rings. The van der Waals surface area contributed by atoms with E-state index in [0.717, 1.165) is 6.07 Å². The maximum Gasteiger partial charge on any atom is 0.338 e. The van der Waals surface area contributed by atoms with Gasteiger partial charge in [0.2, 0.25) is 0 Å². The van der Waals surface area contributed by atoms with Crippen LogP contribution in [0, 0.1) is 11.6 Å². The minimum absolute atomic E-state index is 0.0903. The summed E-state index contributed by atoms with van der Waals surface area (Å²) in [5, 5.41) is 8.53. The van der Waals surface area contributed by atoms with Crippen LogP contribution in [0.1, 0.15) is 22.8 Å². The second-order valence-electron chi connectivity index (χ2n) is 3.41. The molecular weight excluding hydrogens is 204 g/mol. The van der Waals surface area contributed by atoms with Crippen LogP contribution in [0.25, 0.3) is 0 Å². The molecule has 1 aromatic carbocycles. The molecule has 0 fully saturated rings. The van der Waals surface area contributed by atoms with Crippen LogP contribution in [0.3, 0.4) is 0 Å². The normalized spacial score (nSPS) is 12.5. The van der Waals surface area contributed by atoms with Gasteiger partial charge in [-0.05, 0) is 31.0 Å². The molecule has 82 valence electrons. The molecule has 0 amide bonds. The largest absolute Gasteiger partial charge is 0.478 e. The Balaban J connectivity index is 3.13. The van der Waals surface area contributed by atoms with Gasteiger partial charge < -0.3 is 10.8 Å². The van der Waals surface area contributed by atoms with Gasteiger partial charge in [0.15, 0.2) is 0 Å². The molecule has 3 nitrogen and oxygen atoms in total. The number of aromatic carboxylic acids is 1. The van der Waals surface area contributed by atoms with Crippen molar-refractivity contribution in [2.75, 3.05) is 0 Å². The quantitative estimate of drug-likeness (QED) is 0.804. The molecule has 0 radical (unpaired) electrons. The molecule has 1 atom stereocenters. The van der Waals surface area contributed by atoms with Crippen molar-refractivity contribution in [3.8, 4) is 0 Å². The number of hydrogen-bond acceptors (Lipinski definition) is 2. The number of carbonyl (C=O) groups is 1. The highest BCUT2D eigenvalue weighted by Crippen LogP contribution is 2.16. The molecule has 0 spiro atoms. The van der Waals surface area contributed by atoms with Crippen LogP contribution in [-0.4, -0.2) is 17.1 Å². The van der Waals surface area contributed by atoms with E-state index in [1.54, 1.807) is 6.92 Å². The number of hydrogen-bond donors (Lipinski definition) is 2. The Morgan fingerprint density at radius 3 is 2.53 bits per heavy atom. The second kappa shape index (κ2) is 4.35. The third kappa shape index (κ3) is 2.73. The summed E-state index contributed by atoms with van der Waals surface area (Å²) in [7, 11) is 0. The Labute approximate surface area is 85.5 Å². The van der Waals surface area contributed by atoms with Gasteiger partial charge in [0, 0.05) is 6.04 Å². The first-order valence-corrected chi connectivity index (χ1v) is 4.38. The van der Waals surface area contributed by atoms with Crippen molar-refractivity contribution in [2.24, 2.45) is 5.73 Å². The molecule has 0 aromatic heterocycles. The monoisotopic (exact) mass is 215 g/mol. The molecule has 0 heterocycles. The summed E-state index contributed by atoms with van der Waals surface area (Å²) in [4.78, 5) is 10.5. The summed E-state index contributed by atoms with van der Waals surface area (Å²) in [6.45, 7) is 1.66. The molecule has 1 aromatic rings. The number of halogens is 2. The summed E-state index contributed by atoms with van der Waals surface area (Å²) < 4.78 is 26.4. The molecular formula is C10H11F2NO2. The number of carboxylic acids is 1. The van der Waals surface area contributed by atoms with Gasteiger partial charge in [0.05, 0.1) is 5.56 Å². The topological polar surface area (TPSA) is 63.3 Å². The Kier molecular flexibility index (Phi) is 3.36. The third-order valence-electron chi connectivity index (χ3n) is 1.91. The lowest BCUT2D eigenvalue weighted by Crippen LogP contribution is -2.19. The van der Waals surface area contributed by atoms with E-state index in [0.29, 0.717) is 6.07 Å². The van der Waals surface area contributed by atoms with Gasteiger partial charge in [-0.15, -0.1) is 0 Å². The molecule has 15 heavy (non-hydrogen) atoms. The Hall–Kier alpha value is -1.49. The third-order valence-corrected chi connectivity index (χ3v) is 1.91. The van der Waals surface area contributed by atoms with Crippen molar-refractivity contribution < 1.29 is 18.7 Å². The summed E-state index contributed by atoms with van der Waals surface area (Å²) in [6.07, 6.45) is 0.169. The first kappa shape index (κ1) is 11.6. The van der Waals surface area contributed by atoms with E-state index < -0.39 is 23.2 Å². The van der Waals surface area contributed by atoms with E-state index in [1.165, 1.54) is 0 Å². The van der Waals surface area contributed by atoms with E-state index in [4.69, 9.17) is 10.8 Å². The lowest BCUT2D eigenvalue weighted by atomic mass is 10.0. The van der Waals surface area contributed by atoms with Crippen LogP contribution < -0.4 is 5.73 Å². The SMILES string of the molecule is CC(N)Cc1cc(F)c(C(=O)O)cc1F. The van der Waals surface area contributed by atoms with E-state index in [9.17, 15) is 13.6 Å². The second-order valence-corrected chi connectivity index (χ2v) is 3.41. The van der Waals surface area contributed by atoms with Crippen LogP contribution in [0.5, 0.6) is 0 Å². The first-order chi connectivity index (χ1) is 6.91. The van der Waals surface area contributed by atoms with Crippen LogP contribution in [0.15, 0.2) is 12.1 Å². The number of carboxylic acid groups (broad SMARTS) is 1. The fourth-order valence-electron chi connectivity index (χ4n) is 1.26. The van der Waals surface area contributed by atoms with Crippen molar-refractivity contribution in [3.63, 3.8) is 0 Å². The maximum atomic E-state index is 13.3. The molecule has 0 aliphatic heterocycles. The number of nitrogens with two attached hydrogens (primary N) is 1. The Morgan fingerprint density at radius 1 is 1.47 bits per heavy atom. The zero-order valence-electron chi connectivity index (χ0n) is 8.13.